The van der Waals surface area contributed by atoms with Crippen LogP contribution in [0.2, 0.25) is 5.15 Å². The number of nitrogens with zero attached hydrogens (tertiary/aromatic N) is 5. The summed E-state index contributed by atoms with van der Waals surface area (Å²) in [5.41, 5.74) is 1.18. The molecule has 2 rings (SSSR count). The molecule has 0 atom stereocenters. The van der Waals surface area contributed by atoms with Gasteiger partial charge in [0.25, 0.3) is 0 Å². The molecule has 0 aromatic carbocycles. The van der Waals surface area contributed by atoms with Gasteiger partial charge in [-0.25, -0.2) is 9.89 Å². The molecule has 2 heterocycles. The predicted octanol–water partition coefficient (Wildman–Crippen LogP) is -0.290. The Hall–Kier alpha value is -1.63. The minimum Gasteiger partial charge on any atom is -0.256 e. The van der Waals surface area contributed by atoms with Crippen molar-refractivity contribution >= 4 is 11.6 Å². The Morgan fingerprint density at radius 3 is 2.73 bits per heavy atom. The predicted molar refractivity (Wildman–Crippen MR) is 52.7 cm³/mol. The maximum absolute atomic E-state index is 11.2. The zero-order valence-corrected chi connectivity index (χ0v) is 8.99. The van der Waals surface area contributed by atoms with Gasteiger partial charge < -0.3 is 0 Å². The van der Waals surface area contributed by atoms with Gasteiger partial charge in [-0.15, -0.1) is 0 Å². The second-order valence-corrected chi connectivity index (χ2v) is 3.50. The summed E-state index contributed by atoms with van der Waals surface area (Å²) in [6.07, 6.45) is 0. The van der Waals surface area contributed by atoms with Gasteiger partial charge >= 0.3 is 5.69 Å². The van der Waals surface area contributed by atoms with Crippen molar-refractivity contribution in [2.75, 3.05) is 0 Å². The average molecular weight is 229 g/mol. The van der Waals surface area contributed by atoms with Crippen LogP contribution in [0, 0.1) is 6.92 Å². The van der Waals surface area contributed by atoms with E-state index < -0.39 is 0 Å². The number of halogens is 1. The first-order valence-electron chi connectivity index (χ1n) is 4.25. The van der Waals surface area contributed by atoms with Crippen LogP contribution in [0.5, 0.6) is 0 Å². The fourth-order valence-electron chi connectivity index (χ4n) is 1.32. The third kappa shape index (κ3) is 1.65. The van der Waals surface area contributed by atoms with E-state index in [2.05, 4.69) is 20.6 Å². The SMILES string of the molecule is Cc1nn(C)c(Cl)c1Cn1nn[nH]c1=O. The van der Waals surface area contributed by atoms with Crippen molar-refractivity contribution in [2.45, 2.75) is 13.5 Å². The van der Waals surface area contributed by atoms with Crippen molar-refractivity contribution in [1.82, 2.24) is 30.0 Å². The molecule has 0 aliphatic heterocycles. The van der Waals surface area contributed by atoms with Crippen LogP contribution in [0.4, 0.5) is 0 Å². The molecule has 2 aromatic rings. The summed E-state index contributed by atoms with van der Waals surface area (Å²) < 4.78 is 2.74. The Balaban J connectivity index is 2.40. The average Bonchev–Trinajstić information content (AvgIpc) is 2.67. The fraction of sp³-hybridized carbons (Fsp3) is 0.429. The molecule has 0 spiro atoms. The first kappa shape index (κ1) is 9.91. The number of hydrogen-bond donors (Lipinski definition) is 1. The van der Waals surface area contributed by atoms with Crippen LogP contribution in [0.25, 0.3) is 0 Å². The summed E-state index contributed by atoms with van der Waals surface area (Å²) >= 11 is 6.01. The maximum atomic E-state index is 11.2. The highest BCUT2D eigenvalue weighted by atomic mass is 35.5. The minimum atomic E-state index is -0.366. The van der Waals surface area contributed by atoms with Crippen LogP contribution in [-0.4, -0.2) is 30.0 Å². The van der Waals surface area contributed by atoms with E-state index in [0.717, 1.165) is 11.3 Å². The van der Waals surface area contributed by atoms with Crippen molar-refractivity contribution < 1.29 is 0 Å². The van der Waals surface area contributed by atoms with Crippen molar-refractivity contribution in [3.8, 4) is 0 Å². The summed E-state index contributed by atoms with van der Waals surface area (Å²) in [7, 11) is 1.74. The fourth-order valence-corrected chi connectivity index (χ4v) is 1.56. The molecular weight excluding hydrogens is 220 g/mol. The summed E-state index contributed by atoms with van der Waals surface area (Å²) in [6.45, 7) is 2.10. The van der Waals surface area contributed by atoms with E-state index in [1.54, 1.807) is 11.7 Å². The largest absolute Gasteiger partial charge is 0.361 e. The third-order valence-corrected chi connectivity index (χ3v) is 2.58. The summed E-state index contributed by atoms with van der Waals surface area (Å²) in [4.78, 5) is 11.2. The lowest BCUT2D eigenvalue weighted by Gasteiger charge is -1.97. The molecule has 0 unspecified atom stereocenters. The molecule has 1 N–H and O–H groups in total. The van der Waals surface area contributed by atoms with E-state index >= 15 is 0 Å². The molecule has 15 heavy (non-hydrogen) atoms. The van der Waals surface area contributed by atoms with Crippen LogP contribution in [-0.2, 0) is 13.6 Å². The Bertz CT molecular complexity index is 538. The molecule has 2 aromatic heterocycles. The number of nitrogens with one attached hydrogen (secondary N) is 1. The van der Waals surface area contributed by atoms with Crippen LogP contribution >= 0.6 is 11.6 Å². The van der Waals surface area contributed by atoms with E-state index in [-0.39, 0.29) is 12.2 Å². The van der Waals surface area contributed by atoms with Crippen LogP contribution in [0.3, 0.4) is 0 Å². The topological polar surface area (TPSA) is 81.4 Å². The molecule has 0 aliphatic rings. The van der Waals surface area contributed by atoms with Crippen molar-refractivity contribution in [1.29, 1.82) is 0 Å². The van der Waals surface area contributed by atoms with Crippen molar-refractivity contribution in [2.24, 2.45) is 7.05 Å². The number of tetrazole rings is 1. The van der Waals surface area contributed by atoms with E-state index in [1.807, 2.05) is 6.92 Å². The van der Waals surface area contributed by atoms with Crippen LogP contribution in [0.15, 0.2) is 4.79 Å². The molecule has 0 bridgehead atoms. The number of aromatic nitrogens is 6. The van der Waals surface area contributed by atoms with Gasteiger partial charge in [0.05, 0.1) is 12.2 Å². The van der Waals surface area contributed by atoms with Crippen LogP contribution in [0.1, 0.15) is 11.3 Å². The Labute approximate surface area is 89.6 Å². The molecule has 7 nitrogen and oxygen atoms in total. The maximum Gasteiger partial charge on any atom is 0.361 e. The lowest BCUT2D eigenvalue weighted by atomic mass is 10.3. The number of hydrogen-bond acceptors (Lipinski definition) is 4. The van der Waals surface area contributed by atoms with Crippen molar-refractivity contribution in [3.05, 3.63) is 26.9 Å². The minimum absolute atomic E-state index is 0.272. The molecule has 0 radical (unpaired) electrons. The molecule has 0 fully saturated rings. The second-order valence-electron chi connectivity index (χ2n) is 3.14. The van der Waals surface area contributed by atoms with E-state index in [0.29, 0.717) is 5.15 Å². The molecule has 0 aliphatic carbocycles. The quantitative estimate of drug-likeness (QED) is 0.766. The summed E-state index contributed by atoms with van der Waals surface area (Å²) in [6, 6.07) is 0. The number of H-pyrrole nitrogens is 1. The zero-order valence-electron chi connectivity index (χ0n) is 8.23. The second kappa shape index (κ2) is 3.50. The standard InChI is InChI=1S/C7H9ClN6O/c1-4-5(6(8)13(2)10-4)3-14-7(15)9-11-12-14/h3H2,1-2H3,(H,9,12,15). The van der Waals surface area contributed by atoms with Gasteiger partial charge in [-0.1, -0.05) is 11.6 Å². The number of aryl methyl sites for hydroxylation is 2. The highest BCUT2D eigenvalue weighted by Crippen LogP contribution is 2.18. The third-order valence-electron chi connectivity index (χ3n) is 2.11. The van der Waals surface area contributed by atoms with Gasteiger partial charge in [-0.2, -0.15) is 9.78 Å². The first-order chi connectivity index (χ1) is 7.09. The molecular formula is C7H9ClN6O. The van der Waals surface area contributed by atoms with Gasteiger partial charge in [0.1, 0.15) is 5.15 Å². The van der Waals surface area contributed by atoms with Gasteiger partial charge in [-0.3, -0.25) is 4.68 Å². The van der Waals surface area contributed by atoms with Crippen molar-refractivity contribution in [3.63, 3.8) is 0 Å². The molecule has 0 amide bonds. The normalized spacial score (nSPS) is 10.9. The van der Waals surface area contributed by atoms with Gasteiger partial charge in [0.15, 0.2) is 0 Å². The Kier molecular flexibility index (Phi) is 2.31. The molecule has 8 heteroatoms. The molecule has 80 valence electrons. The molecule has 0 saturated heterocycles. The monoisotopic (exact) mass is 228 g/mol. The van der Waals surface area contributed by atoms with E-state index in [1.165, 1.54) is 4.68 Å². The summed E-state index contributed by atoms with van der Waals surface area (Å²) in [5.74, 6) is 0. The smallest absolute Gasteiger partial charge is 0.256 e. The lowest BCUT2D eigenvalue weighted by molar-refractivity contribution is 0.630. The highest BCUT2D eigenvalue weighted by molar-refractivity contribution is 6.30. The van der Waals surface area contributed by atoms with Gasteiger partial charge in [0.2, 0.25) is 0 Å². The Morgan fingerprint density at radius 2 is 2.27 bits per heavy atom. The van der Waals surface area contributed by atoms with E-state index in [4.69, 9.17) is 11.6 Å². The first-order valence-corrected chi connectivity index (χ1v) is 4.63. The summed E-state index contributed by atoms with van der Waals surface area (Å²) in [5, 5.41) is 13.8. The number of aromatic amines is 1. The number of rotatable bonds is 2. The molecule has 0 saturated carbocycles. The lowest BCUT2D eigenvalue weighted by Crippen LogP contribution is -2.19. The van der Waals surface area contributed by atoms with Gasteiger partial charge in [0, 0.05) is 12.6 Å². The zero-order chi connectivity index (χ0) is 11.0. The van der Waals surface area contributed by atoms with E-state index in [9.17, 15) is 4.79 Å². The van der Waals surface area contributed by atoms with Crippen LogP contribution < -0.4 is 5.69 Å². The van der Waals surface area contributed by atoms with Gasteiger partial charge in [-0.05, 0) is 17.4 Å². The highest BCUT2D eigenvalue weighted by Gasteiger charge is 2.13. The Morgan fingerprint density at radius 1 is 1.53 bits per heavy atom.